The third-order valence-electron chi connectivity index (χ3n) is 6.77. The summed E-state index contributed by atoms with van der Waals surface area (Å²) in [6.45, 7) is 4.12. The normalized spacial score (nSPS) is 13.6. The summed E-state index contributed by atoms with van der Waals surface area (Å²) >= 11 is 6.36. The van der Waals surface area contributed by atoms with Crippen LogP contribution < -0.4 is 9.64 Å². The van der Waals surface area contributed by atoms with Crippen LogP contribution in [0, 0.1) is 18.6 Å². The highest BCUT2D eigenvalue weighted by molar-refractivity contribution is 6.33. The van der Waals surface area contributed by atoms with Gasteiger partial charge < -0.3 is 19.1 Å². The van der Waals surface area contributed by atoms with Gasteiger partial charge in [0.1, 0.15) is 17.4 Å². The Hall–Kier alpha value is -3.84. The minimum absolute atomic E-state index is 0.132. The van der Waals surface area contributed by atoms with E-state index in [1.807, 2.05) is 36.4 Å². The quantitative estimate of drug-likeness (QED) is 0.307. The molecule has 0 aliphatic carbocycles. The molecular formula is C29H26ClF2N3O2. The zero-order chi connectivity index (χ0) is 26.1. The summed E-state index contributed by atoms with van der Waals surface area (Å²) in [7, 11) is 1.58. The van der Waals surface area contributed by atoms with Gasteiger partial charge in [0.05, 0.1) is 34.8 Å². The summed E-state index contributed by atoms with van der Waals surface area (Å²) < 4.78 is 35.6. The lowest BCUT2D eigenvalue weighted by atomic mass is 10.1. The van der Waals surface area contributed by atoms with Crippen LogP contribution in [0.25, 0.3) is 16.9 Å². The fourth-order valence-corrected chi connectivity index (χ4v) is 5.05. The van der Waals surface area contributed by atoms with E-state index in [4.69, 9.17) is 16.3 Å². The van der Waals surface area contributed by atoms with Crippen molar-refractivity contribution in [1.82, 2.24) is 9.47 Å². The first-order valence-electron chi connectivity index (χ1n) is 12.0. The highest BCUT2D eigenvalue weighted by Crippen LogP contribution is 2.33. The predicted octanol–water partition coefficient (Wildman–Crippen LogP) is 6.36. The Labute approximate surface area is 219 Å². The molecule has 1 fully saturated rings. The number of benzene rings is 3. The van der Waals surface area contributed by atoms with Crippen LogP contribution in [-0.2, 0) is 0 Å². The monoisotopic (exact) mass is 521 g/mol. The van der Waals surface area contributed by atoms with Crippen molar-refractivity contribution in [3.05, 3.63) is 101 Å². The van der Waals surface area contributed by atoms with Gasteiger partial charge in [-0.2, -0.15) is 0 Å². The lowest BCUT2D eigenvalue weighted by Crippen LogP contribution is -2.49. The topological polar surface area (TPSA) is 37.7 Å². The van der Waals surface area contributed by atoms with Gasteiger partial charge in [-0.15, -0.1) is 0 Å². The molecule has 5 nitrogen and oxygen atoms in total. The predicted molar refractivity (Wildman–Crippen MR) is 142 cm³/mol. The molecular weight excluding hydrogens is 496 g/mol. The Kier molecular flexibility index (Phi) is 6.89. The fraction of sp³-hybridized carbons (Fsp3) is 0.207. The van der Waals surface area contributed by atoms with Crippen molar-refractivity contribution in [3.8, 4) is 22.7 Å². The molecule has 1 aliphatic heterocycles. The van der Waals surface area contributed by atoms with E-state index in [-0.39, 0.29) is 11.6 Å². The molecule has 1 aromatic heterocycles. The summed E-state index contributed by atoms with van der Waals surface area (Å²) in [5.74, 6) is -0.822. The summed E-state index contributed by atoms with van der Waals surface area (Å²) in [4.78, 5) is 17.7. The second kappa shape index (κ2) is 10.3. The molecule has 8 heteroatoms. The second-order valence-electron chi connectivity index (χ2n) is 8.92. The summed E-state index contributed by atoms with van der Waals surface area (Å²) in [6.07, 6.45) is 0. The molecule has 5 rings (SSSR count). The Morgan fingerprint density at radius 1 is 0.892 bits per heavy atom. The standard InChI is InChI=1S/C29H26ClF2N3O2/c1-19-23(29(36)34-15-13-33(14-16-34)26-6-4-3-5-24(26)30)18-28(20-7-10-22(37-2)11-8-20)35(19)27-12-9-21(31)17-25(27)32/h3-12,17-18H,13-16H2,1-2H3. The van der Waals surface area contributed by atoms with Crippen molar-refractivity contribution in [2.75, 3.05) is 38.2 Å². The van der Waals surface area contributed by atoms with Crippen molar-refractivity contribution in [2.24, 2.45) is 0 Å². The van der Waals surface area contributed by atoms with Gasteiger partial charge in [-0.3, -0.25) is 4.79 Å². The Morgan fingerprint density at radius 3 is 2.24 bits per heavy atom. The van der Waals surface area contributed by atoms with Gasteiger partial charge in [0.25, 0.3) is 5.91 Å². The fourth-order valence-electron chi connectivity index (χ4n) is 4.80. The molecule has 1 aliphatic rings. The average Bonchev–Trinajstić information content (AvgIpc) is 3.25. The molecule has 1 amide bonds. The van der Waals surface area contributed by atoms with Crippen LogP contribution in [0.4, 0.5) is 14.5 Å². The Balaban J connectivity index is 1.49. The van der Waals surface area contributed by atoms with Crippen LogP contribution in [0.1, 0.15) is 16.1 Å². The van der Waals surface area contributed by atoms with Gasteiger partial charge in [-0.25, -0.2) is 8.78 Å². The summed E-state index contributed by atoms with van der Waals surface area (Å²) in [5, 5.41) is 0.681. The van der Waals surface area contributed by atoms with Crippen molar-refractivity contribution < 1.29 is 18.3 Å². The van der Waals surface area contributed by atoms with Crippen LogP contribution in [0.2, 0.25) is 5.02 Å². The molecule has 0 saturated carbocycles. The SMILES string of the molecule is COc1ccc(-c2cc(C(=O)N3CCN(c4ccccc4Cl)CC3)c(C)n2-c2ccc(F)cc2F)cc1. The largest absolute Gasteiger partial charge is 0.497 e. The minimum Gasteiger partial charge on any atom is -0.497 e. The van der Waals surface area contributed by atoms with Crippen LogP contribution in [0.3, 0.4) is 0 Å². The van der Waals surface area contributed by atoms with E-state index in [1.54, 1.807) is 41.7 Å². The number of hydrogen-bond acceptors (Lipinski definition) is 3. The molecule has 0 bridgehead atoms. The maximum atomic E-state index is 14.9. The molecule has 37 heavy (non-hydrogen) atoms. The average molecular weight is 522 g/mol. The molecule has 190 valence electrons. The lowest BCUT2D eigenvalue weighted by molar-refractivity contribution is 0.0746. The number of piperazine rings is 1. The lowest BCUT2D eigenvalue weighted by Gasteiger charge is -2.36. The smallest absolute Gasteiger partial charge is 0.255 e. The number of ether oxygens (including phenoxy) is 1. The molecule has 0 spiro atoms. The van der Waals surface area contributed by atoms with E-state index in [9.17, 15) is 13.6 Å². The molecule has 0 N–H and O–H groups in total. The number of nitrogens with zero attached hydrogens (tertiary/aromatic N) is 3. The number of aromatic nitrogens is 1. The van der Waals surface area contributed by atoms with Crippen molar-refractivity contribution >= 4 is 23.2 Å². The number of carbonyl (C=O) groups excluding carboxylic acids is 1. The van der Waals surface area contributed by atoms with Crippen LogP contribution in [0.5, 0.6) is 5.75 Å². The van der Waals surface area contributed by atoms with E-state index in [1.165, 1.54) is 12.1 Å². The van der Waals surface area contributed by atoms with Crippen LogP contribution >= 0.6 is 11.6 Å². The van der Waals surface area contributed by atoms with Crippen molar-refractivity contribution in [3.63, 3.8) is 0 Å². The number of hydrogen-bond donors (Lipinski definition) is 0. The first-order valence-corrected chi connectivity index (χ1v) is 12.4. The number of para-hydroxylation sites is 1. The third kappa shape index (κ3) is 4.79. The van der Waals surface area contributed by atoms with Gasteiger partial charge in [-0.05, 0) is 67.1 Å². The van der Waals surface area contributed by atoms with E-state index in [2.05, 4.69) is 4.90 Å². The molecule has 0 radical (unpaired) electrons. The van der Waals surface area contributed by atoms with E-state index < -0.39 is 11.6 Å². The number of anilines is 1. The van der Waals surface area contributed by atoms with E-state index in [0.717, 1.165) is 17.3 Å². The highest BCUT2D eigenvalue weighted by atomic mass is 35.5. The second-order valence-corrected chi connectivity index (χ2v) is 9.33. The number of methoxy groups -OCH3 is 1. The highest BCUT2D eigenvalue weighted by Gasteiger charge is 2.28. The first-order chi connectivity index (χ1) is 17.9. The van der Waals surface area contributed by atoms with E-state index in [0.29, 0.717) is 53.9 Å². The number of carbonyl (C=O) groups is 1. The Morgan fingerprint density at radius 2 is 1.59 bits per heavy atom. The molecule has 2 heterocycles. The zero-order valence-corrected chi connectivity index (χ0v) is 21.3. The van der Waals surface area contributed by atoms with Gasteiger partial charge in [0.15, 0.2) is 0 Å². The van der Waals surface area contributed by atoms with E-state index >= 15 is 0 Å². The number of halogens is 3. The third-order valence-corrected chi connectivity index (χ3v) is 7.09. The van der Waals surface area contributed by atoms with Crippen molar-refractivity contribution in [1.29, 1.82) is 0 Å². The first kappa shape index (κ1) is 24.8. The molecule has 3 aromatic carbocycles. The molecule has 0 atom stereocenters. The van der Waals surface area contributed by atoms with Gasteiger partial charge in [0, 0.05) is 37.9 Å². The van der Waals surface area contributed by atoms with Gasteiger partial charge in [0.2, 0.25) is 0 Å². The number of amides is 1. The zero-order valence-electron chi connectivity index (χ0n) is 20.5. The van der Waals surface area contributed by atoms with Gasteiger partial charge in [-0.1, -0.05) is 23.7 Å². The summed E-state index contributed by atoms with van der Waals surface area (Å²) in [5.41, 5.74) is 3.58. The number of rotatable bonds is 5. The Bertz CT molecular complexity index is 1440. The van der Waals surface area contributed by atoms with Crippen LogP contribution in [-0.4, -0.2) is 48.7 Å². The molecule has 0 unspecified atom stereocenters. The molecule has 1 saturated heterocycles. The maximum Gasteiger partial charge on any atom is 0.255 e. The maximum absolute atomic E-state index is 14.9. The van der Waals surface area contributed by atoms with Crippen LogP contribution in [0.15, 0.2) is 72.8 Å². The summed E-state index contributed by atoms with van der Waals surface area (Å²) in [6, 6.07) is 20.2. The molecule has 4 aromatic rings. The van der Waals surface area contributed by atoms with Crippen molar-refractivity contribution in [2.45, 2.75) is 6.92 Å². The minimum atomic E-state index is -0.708. The van der Waals surface area contributed by atoms with Gasteiger partial charge >= 0.3 is 0 Å².